The molecular formula is C23H30N2O6. The van der Waals surface area contributed by atoms with Gasteiger partial charge in [-0.25, -0.2) is 0 Å². The third-order valence-electron chi connectivity index (χ3n) is 6.72. The van der Waals surface area contributed by atoms with Crippen LogP contribution in [0.2, 0.25) is 0 Å². The van der Waals surface area contributed by atoms with Gasteiger partial charge >= 0.3 is 0 Å². The molecule has 4 aliphatic rings. The van der Waals surface area contributed by atoms with Crippen molar-refractivity contribution in [2.75, 3.05) is 38.2 Å². The van der Waals surface area contributed by atoms with Crippen LogP contribution in [0.4, 0.5) is 5.69 Å². The molecule has 1 aliphatic carbocycles. The number of morpholine rings is 1. The Bertz CT molecular complexity index is 835. The molecule has 1 aromatic rings. The highest BCUT2D eigenvalue weighted by molar-refractivity contribution is 5.91. The molecule has 0 bridgehead atoms. The van der Waals surface area contributed by atoms with Gasteiger partial charge in [0, 0.05) is 36.7 Å². The van der Waals surface area contributed by atoms with Crippen molar-refractivity contribution in [3.8, 4) is 5.75 Å². The number of hydrogen-bond acceptors (Lipinski definition) is 6. The number of rotatable bonds is 6. The van der Waals surface area contributed by atoms with Gasteiger partial charge in [0.15, 0.2) is 0 Å². The third kappa shape index (κ3) is 4.56. The number of aliphatic hydroxyl groups is 1. The van der Waals surface area contributed by atoms with E-state index >= 15 is 0 Å². The summed E-state index contributed by atoms with van der Waals surface area (Å²) >= 11 is 0. The molecule has 3 heterocycles. The van der Waals surface area contributed by atoms with E-state index in [1.807, 2.05) is 23.1 Å². The Labute approximate surface area is 181 Å². The van der Waals surface area contributed by atoms with E-state index in [1.165, 1.54) is 0 Å². The Morgan fingerprint density at radius 1 is 1.16 bits per heavy atom. The van der Waals surface area contributed by atoms with Crippen LogP contribution in [0, 0.1) is 5.92 Å². The first-order chi connectivity index (χ1) is 15.1. The van der Waals surface area contributed by atoms with Gasteiger partial charge in [-0.15, -0.1) is 0 Å². The molecule has 3 aliphatic heterocycles. The minimum Gasteiger partial charge on any atom is -0.487 e. The minimum atomic E-state index is -0.485. The zero-order valence-corrected chi connectivity index (χ0v) is 17.6. The molecule has 2 saturated heterocycles. The van der Waals surface area contributed by atoms with Crippen LogP contribution >= 0.6 is 0 Å². The summed E-state index contributed by atoms with van der Waals surface area (Å²) in [7, 11) is 0. The van der Waals surface area contributed by atoms with Crippen LogP contribution in [-0.2, 0) is 19.1 Å². The van der Waals surface area contributed by atoms with Crippen molar-refractivity contribution in [3.63, 3.8) is 0 Å². The number of amides is 2. The van der Waals surface area contributed by atoms with Crippen molar-refractivity contribution in [2.24, 2.45) is 5.92 Å². The second-order valence-electron chi connectivity index (χ2n) is 9.05. The zero-order chi connectivity index (χ0) is 21.4. The van der Waals surface area contributed by atoms with Gasteiger partial charge < -0.3 is 29.5 Å². The van der Waals surface area contributed by atoms with E-state index in [-0.39, 0.29) is 43.0 Å². The second-order valence-corrected chi connectivity index (χ2v) is 9.05. The number of benzene rings is 1. The smallest absolute Gasteiger partial charge is 0.225 e. The van der Waals surface area contributed by atoms with Crippen molar-refractivity contribution < 1.29 is 28.9 Å². The lowest BCUT2D eigenvalue weighted by atomic mass is 9.84. The predicted octanol–water partition coefficient (Wildman–Crippen LogP) is 1.67. The highest BCUT2D eigenvalue weighted by Gasteiger charge is 2.46. The van der Waals surface area contributed by atoms with Gasteiger partial charge in [0.25, 0.3) is 0 Å². The first-order valence-electron chi connectivity index (χ1n) is 11.3. The van der Waals surface area contributed by atoms with E-state index in [0.29, 0.717) is 45.1 Å². The van der Waals surface area contributed by atoms with Crippen molar-refractivity contribution in [2.45, 2.75) is 56.3 Å². The average Bonchev–Trinajstić information content (AvgIpc) is 3.52. The van der Waals surface area contributed by atoms with Crippen molar-refractivity contribution in [1.29, 1.82) is 0 Å². The maximum Gasteiger partial charge on any atom is 0.225 e. The van der Waals surface area contributed by atoms with E-state index in [1.54, 1.807) is 0 Å². The molecule has 2 amide bonds. The molecule has 1 saturated carbocycles. The molecule has 8 heteroatoms. The van der Waals surface area contributed by atoms with Gasteiger partial charge in [0.05, 0.1) is 32.3 Å². The van der Waals surface area contributed by atoms with E-state index < -0.39 is 6.10 Å². The van der Waals surface area contributed by atoms with Gasteiger partial charge in [0.1, 0.15) is 18.0 Å². The monoisotopic (exact) mass is 430 g/mol. The molecule has 2 N–H and O–H groups in total. The van der Waals surface area contributed by atoms with Crippen molar-refractivity contribution in [3.05, 3.63) is 23.8 Å². The fourth-order valence-electron chi connectivity index (χ4n) is 4.90. The van der Waals surface area contributed by atoms with Crippen LogP contribution in [0.1, 0.15) is 43.6 Å². The molecule has 8 nitrogen and oxygen atoms in total. The number of nitrogens with zero attached hydrogens (tertiary/aromatic N) is 1. The quantitative estimate of drug-likeness (QED) is 0.713. The SMILES string of the molecule is O=C(CC1CC1)Nc1ccc2c(c1)[C@H]1C[C@@H](CC(=O)N3CCOCC3)O[C@@H](CO)[C@H]1O2. The molecule has 31 heavy (non-hydrogen) atoms. The van der Waals surface area contributed by atoms with Crippen LogP contribution in [0.25, 0.3) is 0 Å². The summed E-state index contributed by atoms with van der Waals surface area (Å²) in [6.07, 6.45) is 2.73. The number of fused-ring (bicyclic) bond motifs is 3. The third-order valence-corrected chi connectivity index (χ3v) is 6.72. The Morgan fingerprint density at radius 2 is 1.97 bits per heavy atom. The number of carbonyl (C=O) groups excluding carboxylic acids is 2. The van der Waals surface area contributed by atoms with Crippen LogP contribution in [0.3, 0.4) is 0 Å². The van der Waals surface area contributed by atoms with Crippen LogP contribution < -0.4 is 10.1 Å². The number of ether oxygens (including phenoxy) is 3. The predicted molar refractivity (Wildman–Crippen MR) is 112 cm³/mol. The summed E-state index contributed by atoms with van der Waals surface area (Å²) in [6, 6.07) is 5.71. The van der Waals surface area contributed by atoms with Gasteiger partial charge in [-0.3, -0.25) is 9.59 Å². The van der Waals surface area contributed by atoms with Crippen LogP contribution in [-0.4, -0.2) is 73.0 Å². The molecule has 0 aromatic heterocycles. The molecule has 0 spiro atoms. The van der Waals surface area contributed by atoms with Gasteiger partial charge in [-0.05, 0) is 43.4 Å². The zero-order valence-electron chi connectivity index (χ0n) is 17.6. The van der Waals surface area contributed by atoms with Crippen molar-refractivity contribution in [1.82, 2.24) is 4.90 Å². The topological polar surface area (TPSA) is 97.3 Å². The van der Waals surface area contributed by atoms with Crippen LogP contribution in [0.15, 0.2) is 18.2 Å². The Kier molecular flexibility index (Phi) is 5.86. The maximum atomic E-state index is 12.7. The summed E-state index contributed by atoms with van der Waals surface area (Å²) in [5, 5.41) is 12.9. The average molecular weight is 431 g/mol. The fraction of sp³-hybridized carbons (Fsp3) is 0.652. The molecule has 5 rings (SSSR count). The lowest BCUT2D eigenvalue weighted by Gasteiger charge is -2.38. The summed E-state index contributed by atoms with van der Waals surface area (Å²) < 4.78 is 17.5. The fourth-order valence-corrected chi connectivity index (χ4v) is 4.90. The first-order valence-corrected chi connectivity index (χ1v) is 11.3. The molecule has 168 valence electrons. The Hall–Kier alpha value is -2.16. The molecule has 1 aromatic carbocycles. The lowest BCUT2D eigenvalue weighted by Crippen LogP contribution is -2.48. The number of anilines is 1. The number of carbonyl (C=O) groups is 2. The largest absolute Gasteiger partial charge is 0.487 e. The maximum absolute atomic E-state index is 12.7. The molecule has 3 fully saturated rings. The van der Waals surface area contributed by atoms with E-state index in [0.717, 1.165) is 29.8 Å². The summed E-state index contributed by atoms with van der Waals surface area (Å²) in [6.45, 7) is 2.19. The summed E-state index contributed by atoms with van der Waals surface area (Å²) in [4.78, 5) is 26.8. The molecular weight excluding hydrogens is 400 g/mol. The first kappa shape index (κ1) is 20.7. The van der Waals surface area contributed by atoms with Gasteiger partial charge in [0.2, 0.25) is 11.8 Å². The summed E-state index contributed by atoms with van der Waals surface area (Å²) in [5.41, 5.74) is 1.78. The molecule has 0 radical (unpaired) electrons. The van der Waals surface area contributed by atoms with E-state index in [4.69, 9.17) is 14.2 Å². The second kappa shape index (κ2) is 8.76. The lowest BCUT2D eigenvalue weighted by molar-refractivity contribution is -0.151. The van der Waals surface area contributed by atoms with Crippen molar-refractivity contribution >= 4 is 17.5 Å². The van der Waals surface area contributed by atoms with Gasteiger partial charge in [-0.2, -0.15) is 0 Å². The number of aliphatic hydroxyl groups excluding tert-OH is 1. The Balaban J connectivity index is 1.28. The molecule has 0 unspecified atom stereocenters. The van der Waals surface area contributed by atoms with E-state index in [2.05, 4.69) is 5.32 Å². The summed E-state index contributed by atoms with van der Waals surface area (Å²) in [5.74, 6) is 1.42. The van der Waals surface area contributed by atoms with E-state index in [9.17, 15) is 14.7 Å². The van der Waals surface area contributed by atoms with Crippen LogP contribution in [0.5, 0.6) is 5.75 Å². The standard InChI is InChI=1S/C23H30N2O6/c26-13-20-23-18(11-16(30-20)12-22(28)25-5-7-29-8-6-25)17-10-15(3-4-19(17)31-23)24-21(27)9-14-1-2-14/h3-4,10,14,16,18,20,23,26H,1-2,5-9,11-13H2,(H,24,27)/t16-,18+,20-,23-/m0/s1. The Morgan fingerprint density at radius 3 is 2.71 bits per heavy atom. The number of hydrogen-bond donors (Lipinski definition) is 2. The highest BCUT2D eigenvalue weighted by Crippen LogP contribution is 2.47. The normalized spacial score (nSPS) is 29.6. The van der Waals surface area contributed by atoms with Gasteiger partial charge in [-0.1, -0.05) is 0 Å². The molecule has 4 atom stereocenters. The number of nitrogens with one attached hydrogen (secondary N) is 1. The minimum absolute atomic E-state index is 0.0173. The highest BCUT2D eigenvalue weighted by atomic mass is 16.6.